The zero-order valence-electron chi connectivity index (χ0n) is 8.69. The van der Waals surface area contributed by atoms with E-state index in [0.29, 0.717) is 0 Å². The second-order valence-electron chi connectivity index (χ2n) is 3.32. The first-order chi connectivity index (χ1) is 6.79. The third-order valence-corrected chi connectivity index (χ3v) is 2.26. The Hall–Kier alpha value is -1.28. The van der Waals surface area contributed by atoms with E-state index in [9.17, 15) is 0 Å². The van der Waals surface area contributed by atoms with Crippen molar-refractivity contribution in [2.75, 3.05) is 13.6 Å². The Balaban J connectivity index is 2.81. The number of rotatable bonds is 5. The van der Waals surface area contributed by atoms with Crippen LogP contribution in [0.3, 0.4) is 0 Å². The van der Waals surface area contributed by atoms with Crippen molar-refractivity contribution in [2.24, 2.45) is 0 Å². The lowest BCUT2D eigenvalue weighted by Gasteiger charge is -2.20. The summed E-state index contributed by atoms with van der Waals surface area (Å²) in [6.45, 7) is 8.74. The maximum absolute atomic E-state index is 3.86. The summed E-state index contributed by atoms with van der Waals surface area (Å²) in [7, 11) is 2.07. The van der Waals surface area contributed by atoms with Crippen molar-refractivity contribution in [2.45, 2.75) is 0 Å². The van der Waals surface area contributed by atoms with Gasteiger partial charge in [0.15, 0.2) is 0 Å². The van der Waals surface area contributed by atoms with E-state index >= 15 is 0 Å². The molecule has 1 aromatic carbocycles. The van der Waals surface area contributed by atoms with Crippen LogP contribution in [0.2, 0.25) is 0 Å². The zero-order valence-corrected chi connectivity index (χ0v) is 8.69. The van der Waals surface area contributed by atoms with Gasteiger partial charge in [0.25, 0.3) is 6.85 Å². The lowest BCUT2D eigenvalue weighted by molar-refractivity contribution is 0.595. The number of hydrogen-bond acceptors (Lipinski definition) is 1. The normalized spacial score (nSPS) is 9.86. The molecule has 72 valence electrons. The smallest absolute Gasteiger partial charge is 0.284 e. The van der Waals surface area contributed by atoms with Crippen molar-refractivity contribution >= 4 is 12.3 Å². The van der Waals surface area contributed by atoms with Crippen molar-refractivity contribution in [3.8, 4) is 0 Å². The first-order valence-electron chi connectivity index (χ1n) is 4.78. The monoisotopic (exact) mass is 185 g/mol. The lowest BCUT2D eigenvalue weighted by atomic mass is 9.55. The highest BCUT2D eigenvalue weighted by Gasteiger charge is 2.16. The minimum Gasteiger partial charge on any atom is -0.334 e. The van der Waals surface area contributed by atoms with Crippen LogP contribution in [0, 0.1) is 0 Å². The standard InChI is InChI=1S/C12H16BN/c1-4-11-14(3)13(5-2)12-9-7-6-8-10-12/h4-10H,1-2,11H2,3H3. The topological polar surface area (TPSA) is 3.24 Å². The molecular formula is C12H16BN. The molecule has 0 aliphatic rings. The van der Waals surface area contributed by atoms with E-state index in [4.69, 9.17) is 0 Å². The van der Waals surface area contributed by atoms with Crippen molar-refractivity contribution in [1.82, 2.24) is 4.81 Å². The minimum absolute atomic E-state index is 0.272. The fourth-order valence-electron chi connectivity index (χ4n) is 1.54. The molecule has 14 heavy (non-hydrogen) atoms. The highest BCUT2D eigenvalue weighted by Crippen LogP contribution is 1.95. The molecule has 1 aromatic rings. The van der Waals surface area contributed by atoms with Gasteiger partial charge in [0.2, 0.25) is 0 Å². The quantitative estimate of drug-likeness (QED) is 0.498. The van der Waals surface area contributed by atoms with E-state index in [1.165, 1.54) is 5.46 Å². The van der Waals surface area contributed by atoms with Crippen LogP contribution in [0.4, 0.5) is 0 Å². The van der Waals surface area contributed by atoms with Crippen LogP contribution in [0.15, 0.2) is 55.5 Å². The average molecular weight is 185 g/mol. The molecule has 0 fully saturated rings. The average Bonchev–Trinajstić information content (AvgIpc) is 2.21. The van der Waals surface area contributed by atoms with Gasteiger partial charge in [0.1, 0.15) is 0 Å². The van der Waals surface area contributed by atoms with E-state index in [1.807, 2.05) is 30.3 Å². The summed E-state index contributed by atoms with van der Waals surface area (Å²) in [5.41, 5.74) is 1.27. The minimum atomic E-state index is 0.272. The summed E-state index contributed by atoms with van der Waals surface area (Å²) in [6, 6.07) is 10.4. The van der Waals surface area contributed by atoms with Crippen molar-refractivity contribution in [3.63, 3.8) is 0 Å². The summed E-state index contributed by atoms with van der Waals surface area (Å²) in [5, 5.41) is 0. The van der Waals surface area contributed by atoms with Gasteiger partial charge in [-0.25, -0.2) is 0 Å². The van der Waals surface area contributed by atoms with Crippen molar-refractivity contribution in [3.05, 3.63) is 55.5 Å². The van der Waals surface area contributed by atoms with E-state index in [1.54, 1.807) is 0 Å². The molecule has 0 aromatic heterocycles. The highest BCUT2D eigenvalue weighted by atomic mass is 15.0. The third-order valence-electron chi connectivity index (χ3n) is 2.26. The zero-order chi connectivity index (χ0) is 10.4. The number of nitrogens with zero attached hydrogens (tertiary/aromatic N) is 1. The number of likely N-dealkylation sites (N-methyl/N-ethyl adjacent to an activating group) is 1. The van der Waals surface area contributed by atoms with Gasteiger partial charge < -0.3 is 4.81 Å². The van der Waals surface area contributed by atoms with Crippen LogP contribution in [-0.4, -0.2) is 25.3 Å². The summed E-state index contributed by atoms with van der Waals surface area (Å²) in [4.78, 5) is 2.20. The van der Waals surface area contributed by atoms with Gasteiger partial charge in [-0.05, 0) is 7.05 Å². The van der Waals surface area contributed by atoms with Crippen molar-refractivity contribution < 1.29 is 0 Å². The Labute approximate surface area is 86.8 Å². The number of benzene rings is 1. The van der Waals surface area contributed by atoms with E-state index < -0.39 is 0 Å². The molecule has 1 rings (SSSR count). The van der Waals surface area contributed by atoms with Gasteiger partial charge in [-0.1, -0.05) is 41.9 Å². The van der Waals surface area contributed by atoms with Crippen LogP contribution in [0.1, 0.15) is 0 Å². The third kappa shape index (κ3) is 2.61. The second kappa shape index (κ2) is 5.45. The van der Waals surface area contributed by atoms with Gasteiger partial charge in [-0.15, -0.1) is 19.1 Å². The first kappa shape index (κ1) is 10.8. The summed E-state index contributed by atoms with van der Waals surface area (Å²) in [5.74, 6) is 1.96. The molecular weight excluding hydrogens is 169 g/mol. The summed E-state index contributed by atoms with van der Waals surface area (Å²) >= 11 is 0. The largest absolute Gasteiger partial charge is 0.334 e. The van der Waals surface area contributed by atoms with E-state index in [2.05, 4.69) is 37.1 Å². The van der Waals surface area contributed by atoms with E-state index in [0.717, 1.165) is 6.54 Å². The van der Waals surface area contributed by atoms with E-state index in [-0.39, 0.29) is 6.85 Å². The highest BCUT2D eigenvalue weighted by molar-refractivity contribution is 6.75. The molecule has 0 heterocycles. The molecule has 0 amide bonds. The van der Waals surface area contributed by atoms with Gasteiger partial charge in [0.05, 0.1) is 0 Å². The first-order valence-corrected chi connectivity index (χ1v) is 4.78. The molecule has 2 heteroatoms. The second-order valence-corrected chi connectivity index (χ2v) is 3.32. The number of hydrogen-bond donors (Lipinski definition) is 0. The van der Waals surface area contributed by atoms with Crippen LogP contribution >= 0.6 is 0 Å². The molecule has 0 spiro atoms. The maximum atomic E-state index is 3.86. The van der Waals surface area contributed by atoms with Crippen LogP contribution in [0.25, 0.3) is 0 Å². The molecule has 0 saturated carbocycles. The molecule has 0 N–H and O–H groups in total. The van der Waals surface area contributed by atoms with Crippen LogP contribution in [0.5, 0.6) is 0 Å². The summed E-state index contributed by atoms with van der Waals surface area (Å²) in [6.07, 6.45) is 1.90. The van der Waals surface area contributed by atoms with Crippen LogP contribution < -0.4 is 5.46 Å². The Kier molecular flexibility index (Phi) is 4.21. The summed E-state index contributed by atoms with van der Waals surface area (Å²) < 4.78 is 0. The SMILES string of the molecule is C=CCN(C)B(C=C)c1ccccc1. The molecule has 0 unspecified atom stereocenters. The fourth-order valence-corrected chi connectivity index (χ4v) is 1.54. The van der Waals surface area contributed by atoms with Gasteiger partial charge in [-0.2, -0.15) is 0 Å². The molecule has 0 saturated heterocycles. The molecule has 1 nitrogen and oxygen atoms in total. The predicted molar refractivity (Wildman–Crippen MR) is 64.9 cm³/mol. The van der Waals surface area contributed by atoms with Gasteiger partial charge >= 0.3 is 0 Å². The molecule has 0 aliphatic carbocycles. The Morgan fingerprint density at radius 2 is 1.93 bits per heavy atom. The Morgan fingerprint density at radius 1 is 1.29 bits per heavy atom. The molecule has 0 aliphatic heterocycles. The van der Waals surface area contributed by atoms with Gasteiger partial charge in [-0.3, -0.25) is 0 Å². The fraction of sp³-hybridized carbons (Fsp3) is 0.167. The van der Waals surface area contributed by atoms with Gasteiger partial charge in [0, 0.05) is 6.54 Å². The molecule has 0 atom stereocenters. The Bertz CT molecular complexity index is 294. The maximum Gasteiger partial charge on any atom is 0.284 e. The molecule has 0 bridgehead atoms. The predicted octanol–water partition coefficient (Wildman–Crippen LogP) is 1.73. The van der Waals surface area contributed by atoms with Crippen molar-refractivity contribution in [1.29, 1.82) is 0 Å². The lowest BCUT2D eigenvalue weighted by Crippen LogP contribution is -2.44. The molecule has 0 radical (unpaired) electrons. The Morgan fingerprint density at radius 3 is 2.43 bits per heavy atom. The van der Waals surface area contributed by atoms with Crippen LogP contribution in [-0.2, 0) is 0 Å².